The zero-order valence-electron chi connectivity index (χ0n) is 16.7. The van der Waals surface area contributed by atoms with Gasteiger partial charge in [0.15, 0.2) is 0 Å². The second-order valence-corrected chi connectivity index (χ2v) is 8.02. The third-order valence-electron chi connectivity index (χ3n) is 4.23. The first-order valence-corrected chi connectivity index (χ1v) is 10.3. The highest BCUT2D eigenvalue weighted by atomic mass is 32.2. The molecular weight excluding hydrogens is 414 g/mol. The van der Waals surface area contributed by atoms with Crippen LogP contribution in [0, 0.1) is 0 Å². The molecule has 0 saturated heterocycles. The topological polar surface area (TPSA) is 108 Å². The molecule has 0 fully saturated rings. The van der Waals surface area contributed by atoms with Crippen LogP contribution in [-0.2, 0) is 4.79 Å². The van der Waals surface area contributed by atoms with E-state index in [1.54, 1.807) is 43.3 Å². The molecule has 0 saturated carbocycles. The quantitative estimate of drug-likeness (QED) is 0.384. The smallest absolute Gasteiger partial charge is 0.335 e. The van der Waals surface area contributed by atoms with Crippen molar-refractivity contribution >= 4 is 46.7 Å². The summed E-state index contributed by atoms with van der Waals surface area (Å²) in [5.74, 6) is -1.21. The summed E-state index contributed by atoms with van der Waals surface area (Å²) < 4.78 is 0. The average molecular weight is 436 g/mol. The number of anilines is 3. The molecule has 3 aromatic rings. The molecular formula is C23H21N3O4S. The maximum atomic E-state index is 12.4. The van der Waals surface area contributed by atoms with E-state index in [4.69, 9.17) is 5.11 Å². The Balaban J connectivity index is 1.50. The minimum Gasteiger partial charge on any atom is -0.478 e. The number of carboxylic acids is 1. The maximum absolute atomic E-state index is 12.4. The molecule has 4 N–H and O–H groups in total. The Morgan fingerprint density at radius 3 is 1.84 bits per heavy atom. The Morgan fingerprint density at radius 1 is 0.742 bits per heavy atom. The molecule has 7 nitrogen and oxygen atoms in total. The van der Waals surface area contributed by atoms with Crippen molar-refractivity contribution in [1.29, 1.82) is 0 Å². The average Bonchev–Trinajstić information content (AvgIpc) is 2.76. The van der Waals surface area contributed by atoms with Crippen molar-refractivity contribution < 1.29 is 19.5 Å². The van der Waals surface area contributed by atoms with Crippen LogP contribution in [-0.4, -0.2) is 28.3 Å². The highest BCUT2D eigenvalue weighted by Gasteiger charge is 2.15. The number of thioether (sulfide) groups is 1. The molecule has 1 atom stereocenters. The van der Waals surface area contributed by atoms with Crippen molar-refractivity contribution in [3.8, 4) is 0 Å². The van der Waals surface area contributed by atoms with Crippen molar-refractivity contribution in [3.63, 3.8) is 0 Å². The van der Waals surface area contributed by atoms with E-state index in [0.717, 1.165) is 4.90 Å². The van der Waals surface area contributed by atoms with Gasteiger partial charge in [-0.1, -0.05) is 18.2 Å². The summed E-state index contributed by atoms with van der Waals surface area (Å²) in [5.41, 5.74) is 2.02. The minimum atomic E-state index is -1.02. The molecule has 1 unspecified atom stereocenters. The Morgan fingerprint density at radius 2 is 1.26 bits per heavy atom. The van der Waals surface area contributed by atoms with E-state index in [2.05, 4.69) is 16.0 Å². The number of rotatable bonds is 7. The Hall–Kier alpha value is -3.78. The summed E-state index contributed by atoms with van der Waals surface area (Å²) in [6, 6.07) is 22.0. The van der Waals surface area contributed by atoms with E-state index in [0.29, 0.717) is 17.1 Å². The number of hydrogen-bond acceptors (Lipinski definition) is 4. The molecule has 3 rings (SSSR count). The van der Waals surface area contributed by atoms with Gasteiger partial charge in [0.2, 0.25) is 5.91 Å². The lowest BCUT2D eigenvalue weighted by molar-refractivity contribution is -0.115. The fraction of sp³-hybridized carbons (Fsp3) is 0.0870. The molecule has 31 heavy (non-hydrogen) atoms. The van der Waals surface area contributed by atoms with Gasteiger partial charge in [0, 0.05) is 22.0 Å². The van der Waals surface area contributed by atoms with Crippen molar-refractivity contribution in [2.45, 2.75) is 17.1 Å². The SMILES string of the molecule is CC(Sc1ccc(NC(=O)Nc2ccccc2)cc1)C(=O)Nc1ccc(C(=O)O)cc1. The van der Waals surface area contributed by atoms with Crippen molar-refractivity contribution in [2.75, 3.05) is 16.0 Å². The molecule has 8 heteroatoms. The fourth-order valence-electron chi connectivity index (χ4n) is 2.63. The Kier molecular flexibility index (Phi) is 7.29. The predicted octanol–water partition coefficient (Wildman–Crippen LogP) is 5.15. The number of aromatic carboxylic acids is 1. The van der Waals surface area contributed by atoms with Crippen LogP contribution >= 0.6 is 11.8 Å². The fourth-order valence-corrected chi connectivity index (χ4v) is 3.50. The van der Waals surface area contributed by atoms with Crippen LogP contribution in [0.25, 0.3) is 0 Å². The van der Waals surface area contributed by atoms with Crippen LogP contribution in [0.15, 0.2) is 83.8 Å². The summed E-state index contributed by atoms with van der Waals surface area (Å²) in [6.07, 6.45) is 0. The summed E-state index contributed by atoms with van der Waals surface area (Å²) >= 11 is 1.37. The highest BCUT2D eigenvalue weighted by molar-refractivity contribution is 8.00. The largest absolute Gasteiger partial charge is 0.478 e. The van der Waals surface area contributed by atoms with Gasteiger partial charge in [-0.05, 0) is 67.6 Å². The maximum Gasteiger partial charge on any atom is 0.335 e. The van der Waals surface area contributed by atoms with Gasteiger partial charge in [-0.3, -0.25) is 4.79 Å². The van der Waals surface area contributed by atoms with Crippen LogP contribution in [0.3, 0.4) is 0 Å². The molecule has 0 heterocycles. The van der Waals surface area contributed by atoms with Crippen LogP contribution in [0.2, 0.25) is 0 Å². The van der Waals surface area contributed by atoms with Gasteiger partial charge in [-0.2, -0.15) is 0 Å². The highest BCUT2D eigenvalue weighted by Crippen LogP contribution is 2.26. The lowest BCUT2D eigenvalue weighted by Crippen LogP contribution is -2.22. The second kappa shape index (κ2) is 10.3. The van der Waals surface area contributed by atoms with Crippen LogP contribution < -0.4 is 16.0 Å². The molecule has 158 valence electrons. The monoisotopic (exact) mass is 435 g/mol. The summed E-state index contributed by atoms with van der Waals surface area (Å²) in [7, 11) is 0. The van der Waals surface area contributed by atoms with Gasteiger partial charge in [-0.15, -0.1) is 11.8 Å². The molecule has 3 amide bonds. The lowest BCUT2D eigenvalue weighted by atomic mass is 10.2. The first-order valence-electron chi connectivity index (χ1n) is 9.45. The Labute approximate surface area is 183 Å². The molecule has 0 aliphatic heterocycles. The number of urea groups is 1. The van der Waals surface area contributed by atoms with E-state index < -0.39 is 5.97 Å². The van der Waals surface area contributed by atoms with Gasteiger partial charge in [-0.25, -0.2) is 9.59 Å². The van der Waals surface area contributed by atoms with Gasteiger partial charge >= 0.3 is 12.0 Å². The van der Waals surface area contributed by atoms with E-state index in [1.807, 2.05) is 30.3 Å². The second-order valence-electron chi connectivity index (χ2n) is 6.60. The number of benzene rings is 3. The molecule has 0 aliphatic rings. The van der Waals surface area contributed by atoms with E-state index in [-0.39, 0.29) is 22.8 Å². The zero-order valence-corrected chi connectivity index (χ0v) is 17.5. The van der Waals surface area contributed by atoms with Crippen molar-refractivity contribution in [2.24, 2.45) is 0 Å². The predicted molar refractivity (Wildman–Crippen MR) is 123 cm³/mol. The normalized spacial score (nSPS) is 11.3. The first-order chi connectivity index (χ1) is 14.9. The van der Waals surface area contributed by atoms with Crippen LogP contribution in [0.1, 0.15) is 17.3 Å². The number of carboxylic acid groups (broad SMARTS) is 1. The number of hydrogen-bond donors (Lipinski definition) is 4. The molecule has 0 bridgehead atoms. The van der Waals surface area contributed by atoms with Crippen LogP contribution in [0.5, 0.6) is 0 Å². The number of carbonyl (C=O) groups is 3. The van der Waals surface area contributed by atoms with E-state index in [9.17, 15) is 14.4 Å². The first kappa shape index (κ1) is 21.9. The number of para-hydroxylation sites is 1. The summed E-state index contributed by atoms with van der Waals surface area (Å²) in [4.78, 5) is 36.2. The summed E-state index contributed by atoms with van der Waals surface area (Å²) in [6.45, 7) is 1.78. The minimum absolute atomic E-state index is 0.159. The van der Waals surface area contributed by atoms with Gasteiger partial charge in [0.1, 0.15) is 0 Å². The van der Waals surface area contributed by atoms with E-state index in [1.165, 1.54) is 23.9 Å². The van der Waals surface area contributed by atoms with Crippen LogP contribution in [0.4, 0.5) is 21.9 Å². The van der Waals surface area contributed by atoms with Gasteiger partial charge < -0.3 is 21.1 Å². The molecule has 0 aliphatic carbocycles. The molecule has 0 spiro atoms. The summed E-state index contributed by atoms with van der Waals surface area (Å²) in [5, 5.41) is 16.8. The van der Waals surface area contributed by atoms with Crippen molar-refractivity contribution in [1.82, 2.24) is 0 Å². The lowest BCUT2D eigenvalue weighted by Gasteiger charge is -2.13. The van der Waals surface area contributed by atoms with E-state index >= 15 is 0 Å². The van der Waals surface area contributed by atoms with Crippen molar-refractivity contribution in [3.05, 3.63) is 84.4 Å². The number of amides is 3. The standard InChI is InChI=1S/C23H21N3O4S/c1-15(21(27)24-18-9-7-16(8-10-18)22(28)29)31-20-13-11-19(12-14-20)26-23(30)25-17-5-3-2-4-6-17/h2-15H,1H3,(H,24,27)(H,28,29)(H2,25,26,30). The Bertz CT molecular complexity index is 1050. The van der Waals surface area contributed by atoms with Gasteiger partial charge in [0.05, 0.1) is 10.8 Å². The van der Waals surface area contributed by atoms with Gasteiger partial charge in [0.25, 0.3) is 0 Å². The third kappa shape index (κ3) is 6.61. The zero-order chi connectivity index (χ0) is 22.2. The molecule has 0 radical (unpaired) electrons. The number of carbonyl (C=O) groups excluding carboxylic acids is 2. The molecule has 0 aromatic heterocycles. The molecule has 3 aromatic carbocycles. The number of nitrogens with one attached hydrogen (secondary N) is 3. The third-order valence-corrected chi connectivity index (χ3v) is 5.34.